The van der Waals surface area contributed by atoms with E-state index in [-0.39, 0.29) is 17.6 Å². The molecule has 2 aromatic carbocycles. The highest BCUT2D eigenvalue weighted by molar-refractivity contribution is 6.00. The highest BCUT2D eigenvalue weighted by Gasteiger charge is 2.24. The number of ether oxygens (including phenoxy) is 1. The Bertz CT molecular complexity index is 763. The summed E-state index contributed by atoms with van der Waals surface area (Å²) in [6.07, 6.45) is 0.476. The molecule has 0 spiro atoms. The zero-order valence-electron chi connectivity index (χ0n) is 15.5. The summed E-state index contributed by atoms with van der Waals surface area (Å²) in [6, 6.07) is 12.6. The number of methoxy groups -OCH3 is 1. The Morgan fingerprint density at radius 1 is 1.04 bits per heavy atom. The Morgan fingerprint density at radius 2 is 1.64 bits per heavy atom. The average molecular weight is 339 g/mol. The minimum atomic E-state index is -0.334. The molecule has 0 aliphatic rings. The van der Waals surface area contributed by atoms with E-state index in [1.807, 2.05) is 56.3 Å². The van der Waals surface area contributed by atoms with Crippen LogP contribution < -0.4 is 4.74 Å². The fourth-order valence-electron chi connectivity index (χ4n) is 2.79. The standard InChI is InChI=1S/C21H25NO3/c1-14-6-8-16(9-7-14)21(24)19(22(3)4)13-18-12-17(15(2)23)10-11-20(18)25-5/h6-12,19H,13H2,1-5H3/t19-/m1/s1. The summed E-state index contributed by atoms with van der Waals surface area (Å²) in [4.78, 5) is 26.6. The van der Waals surface area contributed by atoms with E-state index in [1.165, 1.54) is 6.92 Å². The predicted octanol–water partition coefficient (Wildman–Crippen LogP) is 3.56. The fraction of sp³-hybridized carbons (Fsp3) is 0.333. The molecule has 0 radical (unpaired) electrons. The Balaban J connectivity index is 2.36. The molecule has 1 atom stereocenters. The lowest BCUT2D eigenvalue weighted by atomic mass is 9.94. The lowest BCUT2D eigenvalue weighted by molar-refractivity contribution is 0.0874. The van der Waals surface area contributed by atoms with Crippen LogP contribution in [0.15, 0.2) is 42.5 Å². The maximum Gasteiger partial charge on any atom is 0.180 e. The van der Waals surface area contributed by atoms with Crippen molar-refractivity contribution < 1.29 is 14.3 Å². The average Bonchev–Trinajstić information content (AvgIpc) is 2.59. The van der Waals surface area contributed by atoms with E-state index in [0.717, 1.165) is 11.1 Å². The lowest BCUT2D eigenvalue weighted by Crippen LogP contribution is -2.37. The molecule has 25 heavy (non-hydrogen) atoms. The van der Waals surface area contributed by atoms with Gasteiger partial charge in [0.2, 0.25) is 0 Å². The monoisotopic (exact) mass is 339 g/mol. The van der Waals surface area contributed by atoms with Crippen molar-refractivity contribution in [3.05, 3.63) is 64.7 Å². The van der Waals surface area contributed by atoms with Crippen LogP contribution in [0.1, 0.15) is 38.8 Å². The predicted molar refractivity (Wildman–Crippen MR) is 99.7 cm³/mol. The highest BCUT2D eigenvalue weighted by Crippen LogP contribution is 2.24. The number of likely N-dealkylation sites (N-methyl/N-ethyl adjacent to an activating group) is 1. The number of ketones is 2. The molecular formula is C21H25NO3. The SMILES string of the molecule is COc1ccc(C(C)=O)cc1C[C@H](C(=O)c1ccc(C)cc1)N(C)C. The molecule has 4 nitrogen and oxygen atoms in total. The molecule has 0 heterocycles. The van der Waals surface area contributed by atoms with Gasteiger partial charge >= 0.3 is 0 Å². The molecule has 132 valence electrons. The van der Waals surface area contributed by atoms with Gasteiger partial charge in [-0.25, -0.2) is 0 Å². The Labute approximate surface area is 149 Å². The number of Topliss-reactive ketones (excluding diaryl/α,β-unsaturated/α-hetero) is 2. The number of benzene rings is 2. The first-order valence-corrected chi connectivity index (χ1v) is 8.28. The maximum atomic E-state index is 13.0. The Kier molecular flexibility index (Phi) is 6.10. The number of carbonyl (C=O) groups excluding carboxylic acids is 2. The van der Waals surface area contributed by atoms with Gasteiger partial charge in [0.15, 0.2) is 11.6 Å². The van der Waals surface area contributed by atoms with Gasteiger partial charge in [0.05, 0.1) is 13.2 Å². The molecule has 0 saturated carbocycles. The molecule has 0 bridgehead atoms. The number of nitrogens with zero attached hydrogens (tertiary/aromatic N) is 1. The second-order valence-corrected chi connectivity index (χ2v) is 6.50. The van der Waals surface area contributed by atoms with Crippen LogP contribution in [-0.2, 0) is 6.42 Å². The van der Waals surface area contributed by atoms with Crippen molar-refractivity contribution in [2.75, 3.05) is 21.2 Å². The van der Waals surface area contributed by atoms with E-state index in [4.69, 9.17) is 4.74 Å². The van der Waals surface area contributed by atoms with Gasteiger partial charge in [-0.2, -0.15) is 0 Å². The number of hydrogen-bond acceptors (Lipinski definition) is 4. The van der Waals surface area contributed by atoms with E-state index in [0.29, 0.717) is 23.3 Å². The van der Waals surface area contributed by atoms with E-state index < -0.39 is 0 Å². The summed E-state index contributed by atoms with van der Waals surface area (Å²) < 4.78 is 5.42. The van der Waals surface area contributed by atoms with Crippen LogP contribution in [0.3, 0.4) is 0 Å². The van der Waals surface area contributed by atoms with E-state index >= 15 is 0 Å². The van der Waals surface area contributed by atoms with Gasteiger partial charge in [0.25, 0.3) is 0 Å². The minimum absolute atomic E-state index is 0.00447. The summed E-state index contributed by atoms with van der Waals surface area (Å²) in [5, 5.41) is 0. The van der Waals surface area contributed by atoms with Crippen LogP contribution >= 0.6 is 0 Å². The first-order chi connectivity index (χ1) is 11.8. The smallest absolute Gasteiger partial charge is 0.180 e. The summed E-state index contributed by atoms with van der Waals surface area (Å²) in [6.45, 7) is 3.53. The van der Waals surface area contributed by atoms with Gasteiger partial charge in [0, 0.05) is 11.1 Å². The largest absolute Gasteiger partial charge is 0.496 e. The molecule has 2 aromatic rings. The number of rotatable bonds is 7. The molecule has 0 amide bonds. The third-order valence-corrected chi connectivity index (χ3v) is 4.36. The van der Waals surface area contributed by atoms with E-state index in [9.17, 15) is 9.59 Å². The van der Waals surface area contributed by atoms with Gasteiger partial charge < -0.3 is 4.74 Å². The molecule has 4 heteroatoms. The minimum Gasteiger partial charge on any atom is -0.496 e. The van der Waals surface area contributed by atoms with Gasteiger partial charge in [0.1, 0.15) is 5.75 Å². The first kappa shape index (κ1) is 18.9. The zero-order chi connectivity index (χ0) is 18.6. The molecule has 0 aliphatic heterocycles. The molecular weight excluding hydrogens is 314 g/mol. The van der Waals surface area contributed by atoms with Crippen molar-refractivity contribution >= 4 is 11.6 Å². The third kappa shape index (κ3) is 4.54. The van der Waals surface area contributed by atoms with Gasteiger partial charge in [-0.15, -0.1) is 0 Å². The quantitative estimate of drug-likeness (QED) is 0.724. The zero-order valence-corrected chi connectivity index (χ0v) is 15.5. The number of hydrogen-bond donors (Lipinski definition) is 0. The molecule has 0 aromatic heterocycles. The van der Waals surface area contributed by atoms with Crippen LogP contribution in [0.4, 0.5) is 0 Å². The number of carbonyl (C=O) groups is 2. The first-order valence-electron chi connectivity index (χ1n) is 8.28. The van der Waals surface area contributed by atoms with Crippen LogP contribution in [-0.4, -0.2) is 43.7 Å². The third-order valence-electron chi connectivity index (χ3n) is 4.36. The van der Waals surface area contributed by atoms with Crippen molar-refractivity contribution in [1.29, 1.82) is 0 Å². The molecule has 2 rings (SSSR count). The summed E-state index contributed by atoms with van der Waals surface area (Å²) >= 11 is 0. The second-order valence-electron chi connectivity index (χ2n) is 6.50. The summed E-state index contributed by atoms with van der Waals surface area (Å²) in [5.41, 5.74) is 3.28. The second kappa shape index (κ2) is 8.08. The van der Waals surface area contributed by atoms with E-state index in [1.54, 1.807) is 19.2 Å². The Morgan fingerprint density at radius 3 is 2.16 bits per heavy atom. The van der Waals surface area contributed by atoms with Crippen LogP contribution in [0, 0.1) is 6.92 Å². The van der Waals surface area contributed by atoms with Crippen LogP contribution in [0.5, 0.6) is 5.75 Å². The van der Waals surface area contributed by atoms with Gasteiger partial charge in [-0.1, -0.05) is 29.8 Å². The van der Waals surface area contributed by atoms with Crippen LogP contribution in [0.2, 0.25) is 0 Å². The van der Waals surface area contributed by atoms with Crippen molar-refractivity contribution in [3.63, 3.8) is 0 Å². The Hall–Kier alpha value is -2.46. The number of aryl methyl sites for hydroxylation is 1. The summed E-state index contributed by atoms with van der Waals surface area (Å²) in [5.74, 6) is 0.740. The van der Waals surface area contributed by atoms with Crippen molar-refractivity contribution in [2.45, 2.75) is 26.3 Å². The van der Waals surface area contributed by atoms with Crippen molar-refractivity contribution in [3.8, 4) is 5.75 Å². The van der Waals surface area contributed by atoms with Gasteiger partial charge in [-0.3, -0.25) is 14.5 Å². The van der Waals surface area contributed by atoms with E-state index in [2.05, 4.69) is 0 Å². The van der Waals surface area contributed by atoms with Gasteiger partial charge in [-0.05, 0) is 58.1 Å². The lowest BCUT2D eigenvalue weighted by Gasteiger charge is -2.24. The van der Waals surface area contributed by atoms with Crippen LogP contribution in [0.25, 0.3) is 0 Å². The molecule has 0 saturated heterocycles. The van der Waals surface area contributed by atoms with Crippen molar-refractivity contribution in [2.24, 2.45) is 0 Å². The maximum absolute atomic E-state index is 13.0. The van der Waals surface area contributed by atoms with Crippen molar-refractivity contribution in [1.82, 2.24) is 4.90 Å². The molecule has 0 N–H and O–H groups in total. The highest BCUT2D eigenvalue weighted by atomic mass is 16.5. The summed E-state index contributed by atoms with van der Waals surface area (Å²) in [7, 11) is 5.37. The molecule has 0 fully saturated rings. The molecule has 0 aliphatic carbocycles. The normalized spacial score (nSPS) is 12.1. The molecule has 0 unspecified atom stereocenters. The fourth-order valence-corrected chi connectivity index (χ4v) is 2.79. The topological polar surface area (TPSA) is 46.6 Å².